The lowest BCUT2D eigenvalue weighted by atomic mass is 10.1. The second-order valence-electron chi connectivity index (χ2n) is 5.33. The van der Waals surface area contributed by atoms with Gasteiger partial charge in [-0.25, -0.2) is 8.78 Å². The monoisotopic (exact) mass is 335 g/mol. The van der Waals surface area contributed by atoms with Crippen molar-refractivity contribution in [2.24, 2.45) is 0 Å². The Bertz CT molecular complexity index is 689. The van der Waals surface area contributed by atoms with Crippen LogP contribution in [0.25, 0.3) is 0 Å². The summed E-state index contributed by atoms with van der Waals surface area (Å²) in [7, 11) is 0. The minimum absolute atomic E-state index is 0.0266. The molecule has 1 atom stereocenters. The standard InChI is InChI=1S/C18H19F2NO3/c1-12-2-4-13(5-3-12)17(24-9-8-22)11-21-18(23)14-6-7-15(19)16(20)10-14/h2-7,10,17,22H,8-9,11H2,1H3,(H,21,23)/t17-/m1/s1. The van der Waals surface area contributed by atoms with Crippen molar-refractivity contribution in [2.45, 2.75) is 13.0 Å². The first-order valence-electron chi connectivity index (χ1n) is 7.53. The maximum atomic E-state index is 13.2. The van der Waals surface area contributed by atoms with Gasteiger partial charge in [-0.2, -0.15) is 0 Å². The second-order valence-corrected chi connectivity index (χ2v) is 5.33. The molecule has 0 aromatic heterocycles. The van der Waals surface area contributed by atoms with Crippen molar-refractivity contribution in [3.8, 4) is 0 Å². The summed E-state index contributed by atoms with van der Waals surface area (Å²) in [6.45, 7) is 2.08. The number of hydrogen-bond donors (Lipinski definition) is 2. The molecule has 0 heterocycles. The SMILES string of the molecule is Cc1ccc([C@@H](CNC(=O)c2ccc(F)c(F)c2)OCCO)cc1. The summed E-state index contributed by atoms with van der Waals surface area (Å²) in [5.41, 5.74) is 1.96. The zero-order valence-corrected chi connectivity index (χ0v) is 13.3. The third-order valence-corrected chi connectivity index (χ3v) is 3.49. The van der Waals surface area contributed by atoms with Crippen molar-refractivity contribution in [3.05, 3.63) is 70.8 Å². The van der Waals surface area contributed by atoms with Gasteiger partial charge in [-0.1, -0.05) is 29.8 Å². The van der Waals surface area contributed by atoms with Crippen LogP contribution in [0.4, 0.5) is 8.78 Å². The van der Waals surface area contributed by atoms with Gasteiger partial charge < -0.3 is 15.2 Å². The minimum atomic E-state index is -1.07. The lowest BCUT2D eigenvalue weighted by Gasteiger charge is -2.19. The van der Waals surface area contributed by atoms with Gasteiger partial charge in [0.25, 0.3) is 5.91 Å². The fraction of sp³-hybridized carbons (Fsp3) is 0.278. The molecule has 0 aliphatic rings. The maximum Gasteiger partial charge on any atom is 0.251 e. The highest BCUT2D eigenvalue weighted by Crippen LogP contribution is 2.17. The fourth-order valence-corrected chi connectivity index (χ4v) is 2.17. The third-order valence-electron chi connectivity index (χ3n) is 3.49. The van der Waals surface area contributed by atoms with Gasteiger partial charge >= 0.3 is 0 Å². The number of aryl methyl sites for hydroxylation is 1. The number of aliphatic hydroxyl groups is 1. The van der Waals surface area contributed by atoms with Gasteiger partial charge in [-0.15, -0.1) is 0 Å². The van der Waals surface area contributed by atoms with Crippen molar-refractivity contribution in [1.82, 2.24) is 5.32 Å². The number of ether oxygens (including phenoxy) is 1. The van der Waals surface area contributed by atoms with E-state index in [2.05, 4.69) is 5.32 Å². The van der Waals surface area contributed by atoms with Crippen LogP contribution in [0.15, 0.2) is 42.5 Å². The van der Waals surface area contributed by atoms with Gasteiger partial charge in [0.1, 0.15) is 0 Å². The normalized spacial score (nSPS) is 12.0. The quantitative estimate of drug-likeness (QED) is 0.818. The Labute approximate surface area is 139 Å². The van der Waals surface area contributed by atoms with Crippen molar-refractivity contribution in [3.63, 3.8) is 0 Å². The molecule has 0 bridgehead atoms. The van der Waals surface area contributed by atoms with E-state index in [1.54, 1.807) is 0 Å². The highest BCUT2D eigenvalue weighted by atomic mass is 19.2. The number of carbonyl (C=O) groups is 1. The van der Waals surface area contributed by atoms with E-state index in [1.165, 1.54) is 6.07 Å². The zero-order chi connectivity index (χ0) is 17.5. The fourth-order valence-electron chi connectivity index (χ4n) is 2.17. The third kappa shape index (κ3) is 4.84. The number of benzene rings is 2. The molecular weight excluding hydrogens is 316 g/mol. The van der Waals surface area contributed by atoms with Gasteiger partial charge in [0.15, 0.2) is 11.6 Å². The number of aliphatic hydroxyl groups excluding tert-OH is 1. The van der Waals surface area contributed by atoms with Crippen LogP contribution in [0, 0.1) is 18.6 Å². The Hall–Kier alpha value is -2.31. The molecule has 0 aliphatic carbocycles. The van der Waals surface area contributed by atoms with E-state index >= 15 is 0 Å². The molecule has 0 radical (unpaired) electrons. The Morgan fingerprint density at radius 1 is 1.17 bits per heavy atom. The molecule has 2 aromatic carbocycles. The average Bonchev–Trinajstić information content (AvgIpc) is 2.58. The summed E-state index contributed by atoms with van der Waals surface area (Å²) in [6.07, 6.45) is -0.452. The van der Waals surface area contributed by atoms with E-state index in [-0.39, 0.29) is 25.3 Å². The van der Waals surface area contributed by atoms with Crippen LogP contribution in [0.3, 0.4) is 0 Å². The molecule has 0 aliphatic heterocycles. The first kappa shape index (κ1) is 18.0. The molecule has 0 fully saturated rings. The molecule has 4 nitrogen and oxygen atoms in total. The lowest BCUT2D eigenvalue weighted by molar-refractivity contribution is 0.0277. The van der Waals surface area contributed by atoms with Crippen LogP contribution in [-0.2, 0) is 4.74 Å². The Kier molecular flexibility index (Phi) is 6.40. The molecule has 1 amide bonds. The molecule has 2 aromatic rings. The van der Waals surface area contributed by atoms with Gasteiger partial charge in [-0.05, 0) is 30.7 Å². The number of carbonyl (C=O) groups excluding carboxylic acids is 1. The van der Waals surface area contributed by atoms with E-state index in [9.17, 15) is 13.6 Å². The van der Waals surface area contributed by atoms with Crippen LogP contribution < -0.4 is 5.32 Å². The summed E-state index contributed by atoms with van der Waals surface area (Å²) in [5, 5.41) is 11.6. The summed E-state index contributed by atoms with van der Waals surface area (Å²) in [6, 6.07) is 10.6. The Morgan fingerprint density at radius 2 is 1.88 bits per heavy atom. The first-order chi connectivity index (χ1) is 11.5. The molecule has 128 valence electrons. The lowest BCUT2D eigenvalue weighted by Crippen LogP contribution is -2.30. The zero-order valence-electron chi connectivity index (χ0n) is 13.3. The van der Waals surface area contributed by atoms with Crippen LogP contribution in [0.5, 0.6) is 0 Å². The summed E-state index contributed by atoms with van der Waals surface area (Å²) in [4.78, 5) is 12.1. The van der Waals surface area contributed by atoms with E-state index < -0.39 is 23.6 Å². The molecular formula is C18H19F2NO3. The van der Waals surface area contributed by atoms with Gasteiger partial charge in [-0.3, -0.25) is 4.79 Å². The predicted octanol–water partition coefficient (Wildman–Crippen LogP) is 2.75. The molecule has 6 heteroatoms. The van der Waals surface area contributed by atoms with Crippen molar-refractivity contribution >= 4 is 5.91 Å². The largest absolute Gasteiger partial charge is 0.394 e. The Morgan fingerprint density at radius 3 is 2.50 bits per heavy atom. The second kappa shape index (κ2) is 8.52. The average molecular weight is 335 g/mol. The number of rotatable bonds is 7. The molecule has 0 saturated carbocycles. The maximum absolute atomic E-state index is 13.2. The minimum Gasteiger partial charge on any atom is -0.394 e. The topological polar surface area (TPSA) is 58.6 Å². The molecule has 2 N–H and O–H groups in total. The molecule has 0 saturated heterocycles. The van der Waals surface area contributed by atoms with E-state index in [0.29, 0.717) is 0 Å². The summed E-state index contributed by atoms with van der Waals surface area (Å²) < 4.78 is 31.7. The van der Waals surface area contributed by atoms with Crippen LogP contribution in [0.2, 0.25) is 0 Å². The first-order valence-corrected chi connectivity index (χ1v) is 7.53. The smallest absolute Gasteiger partial charge is 0.251 e. The van der Waals surface area contributed by atoms with Gasteiger partial charge in [0, 0.05) is 12.1 Å². The van der Waals surface area contributed by atoms with E-state index in [0.717, 1.165) is 23.3 Å². The molecule has 0 unspecified atom stereocenters. The van der Waals surface area contributed by atoms with Gasteiger partial charge in [0.2, 0.25) is 0 Å². The number of hydrogen-bond acceptors (Lipinski definition) is 3. The predicted molar refractivity (Wildman–Crippen MR) is 85.6 cm³/mol. The number of halogens is 2. The summed E-state index contributed by atoms with van der Waals surface area (Å²) in [5.74, 6) is -2.61. The van der Waals surface area contributed by atoms with Crippen LogP contribution >= 0.6 is 0 Å². The molecule has 0 spiro atoms. The highest BCUT2D eigenvalue weighted by molar-refractivity contribution is 5.94. The highest BCUT2D eigenvalue weighted by Gasteiger charge is 2.15. The van der Waals surface area contributed by atoms with Gasteiger partial charge in [0.05, 0.1) is 19.3 Å². The van der Waals surface area contributed by atoms with Crippen molar-refractivity contribution in [2.75, 3.05) is 19.8 Å². The summed E-state index contributed by atoms with van der Waals surface area (Å²) >= 11 is 0. The van der Waals surface area contributed by atoms with E-state index in [4.69, 9.17) is 9.84 Å². The Balaban J connectivity index is 2.04. The van der Waals surface area contributed by atoms with Crippen molar-refractivity contribution in [1.29, 1.82) is 0 Å². The van der Waals surface area contributed by atoms with Crippen molar-refractivity contribution < 1.29 is 23.4 Å². The van der Waals surface area contributed by atoms with E-state index in [1.807, 2.05) is 31.2 Å². The van der Waals surface area contributed by atoms with Crippen LogP contribution in [-0.4, -0.2) is 30.8 Å². The molecule has 24 heavy (non-hydrogen) atoms. The van der Waals surface area contributed by atoms with Crippen LogP contribution in [0.1, 0.15) is 27.6 Å². The number of nitrogens with one attached hydrogen (secondary N) is 1. The number of amides is 1. The molecule has 2 rings (SSSR count).